The molecule has 2 N–H and O–H groups in total. The molecule has 0 saturated carbocycles. The van der Waals surface area contributed by atoms with Gasteiger partial charge in [0.05, 0.1) is 12.1 Å². The van der Waals surface area contributed by atoms with Gasteiger partial charge in [0, 0.05) is 6.42 Å². The van der Waals surface area contributed by atoms with Crippen molar-refractivity contribution >= 4 is 26.3 Å². The van der Waals surface area contributed by atoms with Crippen molar-refractivity contribution in [1.82, 2.24) is 10.2 Å². The molecule has 8 nitrogen and oxygen atoms in total. The summed E-state index contributed by atoms with van der Waals surface area (Å²) in [6, 6.07) is -2.57. The molecule has 188 valence electrons. The van der Waals surface area contributed by atoms with Crippen molar-refractivity contribution < 1.29 is 28.7 Å². The lowest BCUT2D eigenvalue weighted by atomic mass is 10.1. The minimum absolute atomic E-state index is 0.0779. The molecule has 1 aliphatic heterocycles. The monoisotopic (exact) mass is 482 g/mol. The fraction of sp³-hybridized carbons (Fsp3) is 0.708. The topological polar surface area (TPSA) is 105 Å². The number of carbonyl (C=O) groups excluding carboxylic acids is 2. The van der Waals surface area contributed by atoms with E-state index in [4.69, 9.17) is 9.16 Å². The van der Waals surface area contributed by atoms with E-state index in [1.165, 1.54) is 11.0 Å². The van der Waals surface area contributed by atoms with Crippen LogP contribution in [0.2, 0.25) is 18.1 Å². The van der Waals surface area contributed by atoms with E-state index in [0.29, 0.717) is 6.42 Å². The molecule has 0 bridgehead atoms. The van der Waals surface area contributed by atoms with Gasteiger partial charge in [0.2, 0.25) is 5.91 Å². The van der Waals surface area contributed by atoms with Crippen molar-refractivity contribution in [3.63, 3.8) is 0 Å². The normalized spacial score (nSPS) is 22.4. The van der Waals surface area contributed by atoms with E-state index in [9.17, 15) is 19.5 Å². The third-order valence-corrected chi connectivity index (χ3v) is 10.7. The Morgan fingerprint density at radius 1 is 1.15 bits per heavy atom. The Bertz CT molecular complexity index is 753. The maximum atomic E-state index is 13.6. The number of nitrogens with zero attached hydrogens (tertiary/aromatic N) is 1. The van der Waals surface area contributed by atoms with Crippen LogP contribution in [0.5, 0.6) is 0 Å². The van der Waals surface area contributed by atoms with Crippen LogP contribution in [0.3, 0.4) is 0 Å². The molecule has 0 radical (unpaired) electrons. The van der Waals surface area contributed by atoms with Crippen molar-refractivity contribution in [2.75, 3.05) is 0 Å². The zero-order valence-electron chi connectivity index (χ0n) is 21.4. The molecular formula is C24H42N2O6Si. The van der Waals surface area contributed by atoms with Crippen LogP contribution in [-0.4, -0.2) is 66.1 Å². The number of nitrogens with one attached hydrogen (secondary N) is 1. The molecule has 0 aliphatic carbocycles. The predicted molar refractivity (Wildman–Crippen MR) is 132 cm³/mol. The van der Waals surface area contributed by atoms with Crippen LogP contribution >= 0.6 is 0 Å². The number of carboxylic acid groups (broad SMARTS) is 1. The van der Waals surface area contributed by atoms with Gasteiger partial charge >= 0.3 is 12.1 Å². The lowest BCUT2D eigenvalue weighted by Crippen LogP contribution is -2.55. The molecule has 1 aliphatic rings. The van der Waals surface area contributed by atoms with Crippen LogP contribution in [0.1, 0.15) is 60.8 Å². The number of hydrogen-bond donors (Lipinski definition) is 2. The standard InChI is InChI=1S/C24H42N2O6Si/c1-11-13-16(25-22(30)31-23(3,4)5)20(27)26-17(14-12-2)19(15-18(26)21(28)29)32-33(9,10)24(6,7)8/h11-12,16-19H,1-2,13-15H2,3-10H3,(H,25,30)(H,28,29)/t16?,17-,18-,19+/m0/s1. The highest BCUT2D eigenvalue weighted by Crippen LogP contribution is 2.41. The van der Waals surface area contributed by atoms with E-state index in [2.05, 4.69) is 52.3 Å². The van der Waals surface area contributed by atoms with Gasteiger partial charge in [0.1, 0.15) is 17.7 Å². The molecule has 0 aromatic rings. The second kappa shape index (κ2) is 10.9. The van der Waals surface area contributed by atoms with E-state index in [1.807, 2.05) is 0 Å². The summed E-state index contributed by atoms with van der Waals surface area (Å²) in [6.45, 7) is 23.2. The fourth-order valence-corrected chi connectivity index (χ4v) is 4.94. The van der Waals surface area contributed by atoms with Gasteiger partial charge in [-0.25, -0.2) is 9.59 Å². The average molecular weight is 483 g/mol. The maximum Gasteiger partial charge on any atom is 0.408 e. The van der Waals surface area contributed by atoms with E-state index >= 15 is 0 Å². The molecule has 1 rings (SSSR count). The Kier molecular flexibility index (Phi) is 9.51. The number of hydrogen-bond acceptors (Lipinski definition) is 5. The minimum atomic E-state index is -2.24. The van der Waals surface area contributed by atoms with Crippen molar-refractivity contribution in [3.05, 3.63) is 25.3 Å². The fourth-order valence-electron chi connectivity index (χ4n) is 3.57. The molecule has 9 heteroatoms. The van der Waals surface area contributed by atoms with Crippen LogP contribution in [0.15, 0.2) is 25.3 Å². The highest BCUT2D eigenvalue weighted by atomic mass is 28.4. The van der Waals surface area contributed by atoms with Gasteiger partial charge in [-0.3, -0.25) is 4.79 Å². The third-order valence-electron chi connectivity index (χ3n) is 6.17. The van der Waals surface area contributed by atoms with Gasteiger partial charge in [-0.05, 0) is 51.7 Å². The van der Waals surface area contributed by atoms with Gasteiger partial charge in [-0.15, -0.1) is 13.2 Å². The quantitative estimate of drug-likeness (QED) is 0.371. The summed E-state index contributed by atoms with van der Waals surface area (Å²) in [4.78, 5) is 39.5. The van der Waals surface area contributed by atoms with E-state index in [1.54, 1.807) is 26.8 Å². The number of amides is 2. The lowest BCUT2D eigenvalue weighted by Gasteiger charge is -2.40. The average Bonchev–Trinajstić information content (AvgIpc) is 2.96. The summed E-state index contributed by atoms with van der Waals surface area (Å²) in [5, 5.41) is 12.5. The molecule has 1 heterocycles. The van der Waals surface area contributed by atoms with Crippen LogP contribution < -0.4 is 5.32 Å². The lowest BCUT2D eigenvalue weighted by molar-refractivity contribution is -0.150. The van der Waals surface area contributed by atoms with Crippen molar-refractivity contribution in [2.24, 2.45) is 0 Å². The largest absolute Gasteiger partial charge is 0.480 e. The maximum absolute atomic E-state index is 13.6. The highest BCUT2D eigenvalue weighted by molar-refractivity contribution is 6.74. The van der Waals surface area contributed by atoms with Crippen molar-refractivity contribution in [2.45, 2.75) is 109 Å². The highest BCUT2D eigenvalue weighted by Gasteiger charge is 2.51. The smallest absolute Gasteiger partial charge is 0.408 e. The molecule has 33 heavy (non-hydrogen) atoms. The number of rotatable bonds is 9. The van der Waals surface area contributed by atoms with Gasteiger partial charge in [-0.1, -0.05) is 32.9 Å². The number of likely N-dealkylation sites (tertiary alicyclic amines) is 1. The molecule has 2 amide bonds. The summed E-state index contributed by atoms with van der Waals surface area (Å²) in [5.41, 5.74) is -0.740. The summed E-state index contributed by atoms with van der Waals surface area (Å²) in [7, 11) is -2.24. The molecule has 0 spiro atoms. The number of alkyl carbamates (subject to hydrolysis) is 1. The predicted octanol–water partition coefficient (Wildman–Crippen LogP) is 4.48. The third kappa shape index (κ3) is 7.70. The first-order valence-electron chi connectivity index (χ1n) is 11.4. The van der Waals surface area contributed by atoms with Gasteiger partial charge < -0.3 is 24.5 Å². The zero-order chi connectivity index (χ0) is 25.8. The minimum Gasteiger partial charge on any atom is -0.480 e. The SMILES string of the molecule is C=CCC(NC(=O)OC(C)(C)C)C(=O)N1[C@H](C(=O)O)C[C@@H](O[Si](C)(C)C(C)(C)C)[C@@H]1CC=C. The number of carboxylic acids is 1. The summed E-state index contributed by atoms with van der Waals surface area (Å²) >= 11 is 0. The summed E-state index contributed by atoms with van der Waals surface area (Å²) in [6.07, 6.45) is 2.68. The molecule has 1 fully saturated rings. The summed E-state index contributed by atoms with van der Waals surface area (Å²) in [5.74, 6) is -1.60. The van der Waals surface area contributed by atoms with Gasteiger partial charge in [0.15, 0.2) is 8.32 Å². The van der Waals surface area contributed by atoms with Crippen molar-refractivity contribution in [1.29, 1.82) is 0 Å². The van der Waals surface area contributed by atoms with Crippen LogP contribution in [0.4, 0.5) is 4.79 Å². The molecule has 0 aromatic carbocycles. The molecule has 4 atom stereocenters. The van der Waals surface area contributed by atoms with Gasteiger partial charge in [-0.2, -0.15) is 0 Å². The van der Waals surface area contributed by atoms with Crippen LogP contribution in [-0.2, 0) is 18.8 Å². The second-order valence-electron chi connectivity index (χ2n) is 11.1. The van der Waals surface area contributed by atoms with E-state index < -0.39 is 56.1 Å². The zero-order valence-corrected chi connectivity index (χ0v) is 22.4. The molecule has 1 unspecified atom stereocenters. The number of ether oxygens (including phenoxy) is 1. The van der Waals surface area contributed by atoms with E-state index in [0.717, 1.165) is 0 Å². The Balaban J connectivity index is 3.30. The number of aliphatic carboxylic acids is 1. The number of carbonyl (C=O) groups is 3. The van der Waals surface area contributed by atoms with Crippen molar-refractivity contribution in [3.8, 4) is 0 Å². The molecule has 1 saturated heterocycles. The Labute approximate surface area is 199 Å². The molecular weight excluding hydrogens is 440 g/mol. The first-order valence-corrected chi connectivity index (χ1v) is 14.3. The second-order valence-corrected chi connectivity index (χ2v) is 15.8. The first-order chi connectivity index (χ1) is 14.9. The Morgan fingerprint density at radius 2 is 1.73 bits per heavy atom. The Morgan fingerprint density at radius 3 is 2.15 bits per heavy atom. The van der Waals surface area contributed by atoms with Gasteiger partial charge in [0.25, 0.3) is 0 Å². The summed E-state index contributed by atoms with van der Waals surface area (Å²) < 4.78 is 11.9. The Hall–Kier alpha value is -2.13. The first kappa shape index (κ1) is 28.9. The molecule has 0 aromatic heterocycles. The van der Waals surface area contributed by atoms with Crippen LogP contribution in [0, 0.1) is 0 Å². The van der Waals surface area contributed by atoms with Crippen LogP contribution in [0.25, 0.3) is 0 Å². The van der Waals surface area contributed by atoms with E-state index in [-0.39, 0.29) is 17.9 Å².